The molecule has 1 fully saturated rings. The van der Waals surface area contributed by atoms with Crippen LogP contribution in [0.4, 0.5) is 5.69 Å². The van der Waals surface area contributed by atoms with E-state index in [9.17, 15) is 4.79 Å². The molecule has 0 spiro atoms. The van der Waals surface area contributed by atoms with E-state index in [4.69, 9.17) is 4.74 Å². The number of amides is 1. The number of carbonyl (C=O) groups is 1. The second-order valence-corrected chi connectivity index (χ2v) is 8.56. The van der Waals surface area contributed by atoms with Crippen LogP contribution >= 0.6 is 0 Å². The Kier molecular flexibility index (Phi) is 8.01. The molecule has 4 rings (SSSR count). The Morgan fingerprint density at radius 3 is 2.32 bits per heavy atom. The van der Waals surface area contributed by atoms with Gasteiger partial charge in [0.25, 0.3) is 5.91 Å². The molecule has 1 amide bonds. The summed E-state index contributed by atoms with van der Waals surface area (Å²) in [5, 5.41) is 6.23. The molecule has 1 saturated heterocycles. The van der Waals surface area contributed by atoms with Crippen molar-refractivity contribution < 1.29 is 9.53 Å². The van der Waals surface area contributed by atoms with Crippen LogP contribution in [-0.4, -0.2) is 48.1 Å². The molecule has 3 aromatic rings. The van der Waals surface area contributed by atoms with E-state index < -0.39 is 0 Å². The average Bonchev–Trinajstić information content (AvgIpc) is 2.83. The Morgan fingerprint density at radius 2 is 1.65 bits per heavy atom. The van der Waals surface area contributed by atoms with Gasteiger partial charge in [-0.2, -0.15) is 0 Å². The molecule has 7 nitrogen and oxygen atoms in total. The summed E-state index contributed by atoms with van der Waals surface area (Å²) >= 11 is 0. The number of nitrogens with one attached hydrogen (secondary N) is 2. The molecule has 1 aliphatic rings. The van der Waals surface area contributed by atoms with Gasteiger partial charge in [0.1, 0.15) is 0 Å². The number of ether oxygens (including phenoxy) is 1. The van der Waals surface area contributed by atoms with Gasteiger partial charge >= 0.3 is 0 Å². The fourth-order valence-corrected chi connectivity index (χ4v) is 3.91. The molecular formula is C27H31N5O2. The van der Waals surface area contributed by atoms with Crippen molar-refractivity contribution in [1.29, 1.82) is 0 Å². The van der Waals surface area contributed by atoms with Gasteiger partial charge in [0, 0.05) is 43.3 Å². The summed E-state index contributed by atoms with van der Waals surface area (Å²) in [6, 6.07) is 17.7. The second kappa shape index (κ2) is 11.5. The molecule has 0 radical (unpaired) electrons. The zero-order valence-corrected chi connectivity index (χ0v) is 19.8. The number of anilines is 1. The lowest BCUT2D eigenvalue weighted by molar-refractivity contribution is 0.0342. The number of aliphatic imine (C=N–C) groups is 1. The largest absolute Gasteiger partial charge is 0.379 e. The average molecular weight is 458 g/mol. The van der Waals surface area contributed by atoms with E-state index in [1.807, 2.05) is 62.4 Å². The first-order valence-corrected chi connectivity index (χ1v) is 11.5. The van der Waals surface area contributed by atoms with Crippen LogP contribution in [0.25, 0.3) is 0 Å². The van der Waals surface area contributed by atoms with Gasteiger partial charge in [-0.15, -0.1) is 0 Å². The number of morpholine rings is 1. The number of guanidine groups is 1. The van der Waals surface area contributed by atoms with E-state index in [1.54, 1.807) is 12.4 Å². The topological polar surface area (TPSA) is 78.8 Å². The first-order chi connectivity index (χ1) is 16.5. The van der Waals surface area contributed by atoms with Gasteiger partial charge in [-0.25, -0.2) is 4.99 Å². The molecule has 7 heteroatoms. The number of aromatic nitrogens is 1. The van der Waals surface area contributed by atoms with Crippen LogP contribution in [0.5, 0.6) is 0 Å². The van der Waals surface area contributed by atoms with E-state index >= 15 is 0 Å². The lowest BCUT2D eigenvalue weighted by Gasteiger charge is -2.26. The van der Waals surface area contributed by atoms with E-state index in [2.05, 4.69) is 31.6 Å². The second-order valence-electron chi connectivity index (χ2n) is 8.56. The van der Waals surface area contributed by atoms with Crippen molar-refractivity contribution >= 4 is 17.6 Å². The van der Waals surface area contributed by atoms with Crippen molar-refractivity contribution in [2.45, 2.75) is 26.9 Å². The van der Waals surface area contributed by atoms with E-state index in [-0.39, 0.29) is 5.91 Å². The summed E-state index contributed by atoms with van der Waals surface area (Å²) in [6.07, 6.45) is 3.47. The van der Waals surface area contributed by atoms with Crippen molar-refractivity contribution in [1.82, 2.24) is 15.2 Å². The minimum Gasteiger partial charge on any atom is -0.379 e. The first kappa shape index (κ1) is 23.6. The Bertz CT molecular complexity index is 1100. The molecule has 2 aromatic carbocycles. The zero-order chi connectivity index (χ0) is 23.8. The fraction of sp³-hybridized carbons (Fsp3) is 0.296. The third kappa shape index (κ3) is 6.97. The SMILES string of the molecule is Cc1cc(C)cc(NC(=NCc2ccncc2)NC(=O)c2ccc(CN3CCOCC3)cc2)c1. The van der Waals surface area contributed by atoms with E-state index in [0.717, 1.165) is 55.2 Å². The van der Waals surface area contributed by atoms with Crippen molar-refractivity contribution in [3.05, 3.63) is 94.8 Å². The monoisotopic (exact) mass is 457 g/mol. The van der Waals surface area contributed by atoms with Gasteiger partial charge < -0.3 is 10.1 Å². The quantitative estimate of drug-likeness (QED) is 0.433. The van der Waals surface area contributed by atoms with Crippen molar-refractivity contribution in [2.24, 2.45) is 4.99 Å². The van der Waals surface area contributed by atoms with Gasteiger partial charge in [0.2, 0.25) is 5.96 Å². The Hall–Kier alpha value is -3.55. The molecule has 1 aliphatic heterocycles. The molecule has 0 unspecified atom stereocenters. The molecular weight excluding hydrogens is 426 g/mol. The summed E-state index contributed by atoms with van der Waals surface area (Å²) in [7, 11) is 0. The predicted molar refractivity (Wildman–Crippen MR) is 135 cm³/mol. The predicted octanol–water partition coefficient (Wildman–Crippen LogP) is 3.93. The summed E-state index contributed by atoms with van der Waals surface area (Å²) in [5.41, 5.74) is 5.93. The van der Waals surface area contributed by atoms with Crippen molar-refractivity contribution in [3.63, 3.8) is 0 Å². The van der Waals surface area contributed by atoms with Crippen LogP contribution in [0.1, 0.15) is 32.6 Å². The van der Waals surface area contributed by atoms with Crippen LogP contribution in [-0.2, 0) is 17.8 Å². The highest BCUT2D eigenvalue weighted by molar-refractivity contribution is 6.10. The van der Waals surface area contributed by atoms with Crippen molar-refractivity contribution in [2.75, 3.05) is 31.6 Å². The normalized spacial score (nSPS) is 14.6. The zero-order valence-electron chi connectivity index (χ0n) is 19.8. The number of aryl methyl sites for hydroxylation is 2. The third-order valence-electron chi connectivity index (χ3n) is 5.61. The van der Waals surface area contributed by atoms with Crippen LogP contribution in [0, 0.1) is 13.8 Å². The minimum atomic E-state index is -0.205. The molecule has 0 atom stereocenters. The number of rotatable bonds is 6. The summed E-state index contributed by atoms with van der Waals surface area (Å²) in [5.74, 6) is 0.201. The van der Waals surface area contributed by atoms with Gasteiger partial charge in [-0.1, -0.05) is 18.2 Å². The summed E-state index contributed by atoms with van der Waals surface area (Å²) < 4.78 is 5.41. The Labute approximate surface area is 200 Å². The maximum absolute atomic E-state index is 13.0. The molecule has 1 aromatic heterocycles. The number of benzene rings is 2. The molecule has 0 bridgehead atoms. The number of hydrogen-bond donors (Lipinski definition) is 2. The maximum atomic E-state index is 13.0. The smallest absolute Gasteiger partial charge is 0.257 e. The third-order valence-corrected chi connectivity index (χ3v) is 5.61. The van der Waals surface area contributed by atoms with Gasteiger partial charge in [-0.05, 0) is 72.5 Å². The van der Waals surface area contributed by atoms with Crippen LogP contribution < -0.4 is 10.6 Å². The van der Waals surface area contributed by atoms with Crippen LogP contribution in [0.2, 0.25) is 0 Å². The maximum Gasteiger partial charge on any atom is 0.257 e. The number of pyridine rings is 1. The Morgan fingerprint density at radius 1 is 0.971 bits per heavy atom. The molecule has 34 heavy (non-hydrogen) atoms. The van der Waals surface area contributed by atoms with Gasteiger partial charge in [0.05, 0.1) is 19.8 Å². The standard InChI is InChI=1S/C27H31N5O2/c1-20-15-21(2)17-25(16-20)30-27(29-18-22-7-9-28-10-8-22)31-26(33)24-5-3-23(4-6-24)19-32-11-13-34-14-12-32/h3-10,15-17H,11-14,18-19H2,1-2H3,(H2,29,30,31,33). The number of carbonyl (C=O) groups excluding carboxylic acids is 1. The first-order valence-electron chi connectivity index (χ1n) is 11.5. The van der Waals surface area contributed by atoms with Gasteiger partial charge in [0.15, 0.2) is 0 Å². The summed E-state index contributed by atoms with van der Waals surface area (Å²) in [6.45, 7) is 8.79. The van der Waals surface area contributed by atoms with Crippen molar-refractivity contribution in [3.8, 4) is 0 Å². The van der Waals surface area contributed by atoms with Crippen LogP contribution in [0.15, 0.2) is 72.0 Å². The molecule has 0 aliphatic carbocycles. The molecule has 176 valence electrons. The number of hydrogen-bond acceptors (Lipinski definition) is 5. The summed E-state index contributed by atoms with van der Waals surface area (Å²) in [4.78, 5) is 24.1. The fourth-order valence-electron chi connectivity index (χ4n) is 3.91. The highest BCUT2D eigenvalue weighted by Crippen LogP contribution is 2.14. The van der Waals surface area contributed by atoms with E-state index in [0.29, 0.717) is 18.1 Å². The molecule has 0 saturated carbocycles. The lowest BCUT2D eigenvalue weighted by atomic mass is 10.1. The highest BCUT2D eigenvalue weighted by atomic mass is 16.5. The highest BCUT2D eigenvalue weighted by Gasteiger charge is 2.13. The van der Waals surface area contributed by atoms with Gasteiger partial charge in [-0.3, -0.25) is 20.0 Å². The number of nitrogens with zero attached hydrogens (tertiary/aromatic N) is 3. The molecule has 2 heterocycles. The minimum absolute atomic E-state index is 0.205. The van der Waals surface area contributed by atoms with Crippen LogP contribution in [0.3, 0.4) is 0 Å². The Balaban J connectivity index is 1.46. The lowest BCUT2D eigenvalue weighted by Crippen LogP contribution is -2.36. The van der Waals surface area contributed by atoms with E-state index in [1.165, 1.54) is 5.56 Å². The molecule has 2 N–H and O–H groups in total.